The molecule has 2 aromatic carbocycles. The molecule has 0 aliphatic heterocycles. The Bertz CT molecular complexity index is 715. The van der Waals surface area contributed by atoms with Gasteiger partial charge in [-0.3, -0.25) is 9.59 Å². The minimum absolute atomic E-state index is 0.00917. The molecule has 0 bridgehead atoms. The first kappa shape index (κ1) is 19.3. The first-order valence-corrected chi connectivity index (χ1v) is 9.28. The van der Waals surface area contributed by atoms with Gasteiger partial charge in [0.2, 0.25) is 5.91 Å². The van der Waals surface area contributed by atoms with Crippen LogP contribution in [0.1, 0.15) is 22.3 Å². The molecule has 0 aromatic heterocycles. The molecule has 1 N–H and O–H groups in total. The molecular formula is C19H21ClN2O2S. The molecule has 4 nitrogen and oxygen atoms in total. The van der Waals surface area contributed by atoms with Gasteiger partial charge in [0.1, 0.15) is 0 Å². The Hall–Kier alpha value is -1.98. The van der Waals surface area contributed by atoms with Gasteiger partial charge in [-0.05, 0) is 42.0 Å². The van der Waals surface area contributed by atoms with Gasteiger partial charge in [-0.1, -0.05) is 23.7 Å². The minimum atomic E-state index is -0.0326. The fourth-order valence-corrected chi connectivity index (χ4v) is 3.08. The van der Waals surface area contributed by atoms with E-state index >= 15 is 0 Å². The number of benzene rings is 2. The van der Waals surface area contributed by atoms with Gasteiger partial charge in [-0.25, -0.2) is 0 Å². The monoisotopic (exact) mass is 376 g/mol. The van der Waals surface area contributed by atoms with E-state index in [1.807, 2.05) is 36.4 Å². The van der Waals surface area contributed by atoms with E-state index in [1.54, 1.807) is 38.0 Å². The lowest BCUT2D eigenvalue weighted by Crippen LogP contribution is -2.23. The van der Waals surface area contributed by atoms with Crippen LogP contribution in [0.5, 0.6) is 0 Å². The Labute approximate surface area is 157 Å². The fraction of sp³-hybridized carbons (Fsp3) is 0.263. The van der Waals surface area contributed by atoms with Gasteiger partial charge in [0.05, 0.1) is 0 Å². The normalized spacial score (nSPS) is 10.4. The van der Waals surface area contributed by atoms with E-state index in [0.717, 1.165) is 10.5 Å². The van der Waals surface area contributed by atoms with Crippen LogP contribution in [0.2, 0.25) is 5.02 Å². The van der Waals surface area contributed by atoms with Gasteiger partial charge in [0.25, 0.3) is 5.91 Å². The Kier molecular flexibility index (Phi) is 7.34. The Morgan fingerprint density at radius 2 is 1.68 bits per heavy atom. The van der Waals surface area contributed by atoms with Crippen LogP contribution in [-0.2, 0) is 11.3 Å². The average Bonchev–Trinajstić information content (AvgIpc) is 2.61. The summed E-state index contributed by atoms with van der Waals surface area (Å²) in [6.45, 7) is 0.459. The first-order chi connectivity index (χ1) is 12.0. The smallest absolute Gasteiger partial charge is 0.253 e. The lowest BCUT2D eigenvalue weighted by molar-refractivity contribution is -0.120. The molecule has 0 aliphatic rings. The van der Waals surface area contributed by atoms with Gasteiger partial charge >= 0.3 is 0 Å². The molecule has 6 heteroatoms. The van der Waals surface area contributed by atoms with E-state index in [-0.39, 0.29) is 11.8 Å². The van der Waals surface area contributed by atoms with Crippen LogP contribution in [-0.4, -0.2) is 36.6 Å². The number of thioether (sulfide) groups is 1. The zero-order valence-corrected chi connectivity index (χ0v) is 15.9. The van der Waals surface area contributed by atoms with Crippen molar-refractivity contribution in [2.75, 3.05) is 19.8 Å². The molecule has 25 heavy (non-hydrogen) atoms. The van der Waals surface area contributed by atoms with Crippen LogP contribution >= 0.6 is 23.4 Å². The Morgan fingerprint density at radius 1 is 1.04 bits per heavy atom. The summed E-state index contributed by atoms with van der Waals surface area (Å²) < 4.78 is 0. The van der Waals surface area contributed by atoms with Crippen LogP contribution in [0.3, 0.4) is 0 Å². The van der Waals surface area contributed by atoms with E-state index in [9.17, 15) is 9.59 Å². The molecular weight excluding hydrogens is 356 g/mol. The van der Waals surface area contributed by atoms with Gasteiger partial charge in [-0.2, -0.15) is 0 Å². The highest BCUT2D eigenvalue weighted by molar-refractivity contribution is 7.99. The van der Waals surface area contributed by atoms with Crippen LogP contribution in [0.15, 0.2) is 53.4 Å². The summed E-state index contributed by atoms with van der Waals surface area (Å²) in [4.78, 5) is 26.4. The van der Waals surface area contributed by atoms with E-state index in [2.05, 4.69) is 5.32 Å². The number of carbonyl (C=O) groups is 2. The zero-order chi connectivity index (χ0) is 18.2. The number of nitrogens with zero attached hydrogens (tertiary/aromatic N) is 1. The molecule has 0 saturated heterocycles. The molecule has 0 aliphatic carbocycles. The predicted octanol–water partition coefficient (Wildman–Crippen LogP) is 3.84. The maximum Gasteiger partial charge on any atom is 0.253 e. The van der Waals surface area contributed by atoms with Crippen molar-refractivity contribution in [1.29, 1.82) is 0 Å². The van der Waals surface area contributed by atoms with Crippen LogP contribution < -0.4 is 5.32 Å². The number of rotatable bonds is 7. The highest BCUT2D eigenvalue weighted by Gasteiger charge is 2.07. The number of carbonyl (C=O) groups excluding carboxylic acids is 2. The van der Waals surface area contributed by atoms with Crippen molar-refractivity contribution in [2.45, 2.75) is 17.9 Å². The average molecular weight is 377 g/mol. The first-order valence-electron chi connectivity index (χ1n) is 7.91. The second kappa shape index (κ2) is 9.49. The Balaban J connectivity index is 1.72. The van der Waals surface area contributed by atoms with Gasteiger partial charge in [0, 0.05) is 48.3 Å². The topological polar surface area (TPSA) is 49.4 Å². The molecule has 0 radical (unpaired) electrons. The summed E-state index contributed by atoms with van der Waals surface area (Å²) in [6, 6.07) is 14.9. The Morgan fingerprint density at radius 3 is 2.28 bits per heavy atom. The number of hydrogen-bond acceptors (Lipinski definition) is 3. The van der Waals surface area contributed by atoms with Crippen LogP contribution in [0.25, 0.3) is 0 Å². The molecule has 0 heterocycles. The quantitative estimate of drug-likeness (QED) is 0.747. The second-order valence-corrected chi connectivity index (χ2v) is 7.33. The van der Waals surface area contributed by atoms with Crippen LogP contribution in [0.4, 0.5) is 0 Å². The SMILES string of the molecule is CN(C)C(=O)c1ccc(CNC(=O)CCSc2ccc(Cl)cc2)cc1. The standard InChI is InChI=1S/C19H21ClN2O2S/c1-22(2)19(24)15-5-3-14(4-6-15)13-21-18(23)11-12-25-17-9-7-16(20)8-10-17/h3-10H,11-13H2,1-2H3,(H,21,23). The van der Waals surface area contributed by atoms with Crippen molar-refractivity contribution in [3.63, 3.8) is 0 Å². The third-order valence-corrected chi connectivity index (χ3v) is 4.77. The fourth-order valence-electron chi connectivity index (χ4n) is 2.10. The number of hydrogen-bond donors (Lipinski definition) is 1. The molecule has 2 amide bonds. The summed E-state index contributed by atoms with van der Waals surface area (Å²) in [6.07, 6.45) is 0.449. The number of halogens is 1. The molecule has 0 saturated carbocycles. The molecule has 0 spiro atoms. The van der Waals surface area contributed by atoms with Crippen molar-refractivity contribution in [2.24, 2.45) is 0 Å². The summed E-state index contributed by atoms with van der Waals surface area (Å²) in [7, 11) is 3.44. The number of amides is 2. The van der Waals surface area contributed by atoms with Gasteiger partial charge in [-0.15, -0.1) is 11.8 Å². The summed E-state index contributed by atoms with van der Waals surface area (Å²) in [5.41, 5.74) is 1.61. The van der Waals surface area contributed by atoms with Crippen molar-refractivity contribution in [3.05, 3.63) is 64.7 Å². The van der Waals surface area contributed by atoms with Crippen molar-refractivity contribution in [1.82, 2.24) is 10.2 Å². The van der Waals surface area contributed by atoms with Crippen LogP contribution in [0, 0.1) is 0 Å². The van der Waals surface area contributed by atoms with Gasteiger partial charge in [0.15, 0.2) is 0 Å². The van der Waals surface area contributed by atoms with Crippen molar-refractivity contribution >= 4 is 35.2 Å². The van der Waals surface area contributed by atoms with E-state index in [0.29, 0.717) is 29.3 Å². The number of nitrogens with one attached hydrogen (secondary N) is 1. The van der Waals surface area contributed by atoms with Gasteiger partial charge < -0.3 is 10.2 Å². The third kappa shape index (κ3) is 6.44. The van der Waals surface area contributed by atoms with E-state index in [1.165, 1.54) is 4.90 Å². The summed E-state index contributed by atoms with van der Waals surface area (Å²) in [5, 5.41) is 3.61. The molecule has 2 rings (SSSR count). The molecule has 0 unspecified atom stereocenters. The highest BCUT2D eigenvalue weighted by atomic mass is 35.5. The third-order valence-electron chi connectivity index (χ3n) is 3.51. The molecule has 2 aromatic rings. The van der Waals surface area contributed by atoms with E-state index < -0.39 is 0 Å². The largest absolute Gasteiger partial charge is 0.352 e. The highest BCUT2D eigenvalue weighted by Crippen LogP contribution is 2.20. The summed E-state index contributed by atoms with van der Waals surface area (Å²) >= 11 is 7.47. The molecule has 0 fully saturated rings. The maximum absolute atomic E-state index is 11.9. The molecule has 132 valence electrons. The molecule has 0 atom stereocenters. The predicted molar refractivity (Wildman–Crippen MR) is 103 cm³/mol. The maximum atomic E-state index is 11.9. The van der Waals surface area contributed by atoms with E-state index in [4.69, 9.17) is 11.6 Å². The van der Waals surface area contributed by atoms with Crippen molar-refractivity contribution < 1.29 is 9.59 Å². The lowest BCUT2D eigenvalue weighted by Gasteiger charge is -2.11. The second-order valence-electron chi connectivity index (χ2n) is 5.73. The lowest BCUT2D eigenvalue weighted by atomic mass is 10.1. The van der Waals surface area contributed by atoms with Crippen molar-refractivity contribution in [3.8, 4) is 0 Å². The summed E-state index contributed by atoms with van der Waals surface area (Å²) in [5.74, 6) is 0.689. The minimum Gasteiger partial charge on any atom is -0.352 e. The zero-order valence-electron chi connectivity index (χ0n) is 14.3.